The molecule has 7 nitrogen and oxygen atoms in total. The quantitative estimate of drug-likeness (QED) is 0.104. The number of nitrogens with zero attached hydrogens (tertiary/aromatic N) is 6. The number of hydrogen-bond acceptors (Lipinski definition) is 6. The fourth-order valence-corrected chi connectivity index (χ4v) is 6.38. The number of hydrogen-bond donors (Lipinski definition) is 0. The van der Waals surface area contributed by atoms with E-state index >= 15 is 0 Å². The summed E-state index contributed by atoms with van der Waals surface area (Å²) in [5, 5.41) is 2.41. The summed E-state index contributed by atoms with van der Waals surface area (Å²) in [6.07, 6.45) is 0. The molecule has 0 saturated carbocycles. The van der Waals surface area contributed by atoms with Crippen LogP contribution < -0.4 is 106 Å². The Morgan fingerprint density at radius 2 is 0.909 bits per heavy atom. The minimum atomic E-state index is 0. The van der Waals surface area contributed by atoms with Crippen molar-refractivity contribution in [2.75, 3.05) is 66.2 Å². The molecule has 6 rings (SSSR count). The summed E-state index contributed by atoms with van der Waals surface area (Å²) in [5.74, 6) is 0. The first-order valence-electron chi connectivity index (χ1n) is 13.1. The Bertz CT molecular complexity index is 1790. The van der Waals surface area contributed by atoms with Gasteiger partial charge in [-0.05, 0) is 48.5 Å². The first kappa shape index (κ1) is 40.3. The summed E-state index contributed by atoms with van der Waals surface area (Å²) in [4.78, 5) is 16.2. The van der Waals surface area contributed by atoms with Crippen molar-refractivity contribution < 1.29 is 81.7 Å². The molecule has 44 heavy (non-hydrogen) atoms. The molecule has 2 N–H and O–H groups in total. The van der Waals surface area contributed by atoms with E-state index in [2.05, 4.69) is 148 Å². The van der Waals surface area contributed by atoms with Crippen LogP contribution in [0.5, 0.6) is 0 Å². The van der Waals surface area contributed by atoms with Crippen LogP contribution in [0.1, 0.15) is 0 Å². The maximum Gasteiger partial charge on any atom is 1.00 e. The Balaban J connectivity index is 0.000000403. The van der Waals surface area contributed by atoms with Crippen molar-refractivity contribution in [1.29, 1.82) is 0 Å². The minimum absolute atomic E-state index is 0. The summed E-state index contributed by atoms with van der Waals surface area (Å²) in [6.45, 7) is 0. The van der Waals surface area contributed by atoms with E-state index in [1.165, 1.54) is 41.2 Å². The van der Waals surface area contributed by atoms with Gasteiger partial charge < -0.3 is 40.1 Å². The molecule has 2 heterocycles. The average Bonchev–Trinajstić information content (AvgIpc) is 2.93. The predicted octanol–water partition coefficient (Wildman–Crippen LogP) is -4.81. The predicted molar refractivity (Wildman–Crippen MR) is 179 cm³/mol. The minimum Gasteiger partial charge on any atom is -1.00 e. The molecule has 0 atom stereocenters. The molecule has 0 bridgehead atoms. The van der Waals surface area contributed by atoms with Crippen LogP contribution in [0.3, 0.4) is 0 Å². The average molecular weight is 697 g/mol. The molecule has 0 radical (unpaired) electrons. The van der Waals surface area contributed by atoms with Gasteiger partial charge in [-0.2, -0.15) is 0 Å². The van der Waals surface area contributed by atoms with Crippen LogP contribution in [0.25, 0.3) is 41.6 Å². The van der Waals surface area contributed by atoms with Gasteiger partial charge in [0.2, 0.25) is 10.7 Å². The number of rotatable bonds is 2. The van der Waals surface area contributed by atoms with Gasteiger partial charge in [-0.15, -0.1) is 22.7 Å². The van der Waals surface area contributed by atoms with E-state index in [9.17, 15) is 0 Å². The summed E-state index contributed by atoms with van der Waals surface area (Å²) < 4.78 is 6.68. The topological polar surface area (TPSA) is 69.8 Å². The number of anilines is 2. The van der Waals surface area contributed by atoms with Crippen LogP contribution in [0.15, 0.2) is 72.8 Å². The largest absolute Gasteiger partial charge is 1.00 e. The Morgan fingerprint density at radius 1 is 0.545 bits per heavy atom. The van der Waals surface area contributed by atoms with Gasteiger partial charge in [0, 0.05) is 63.8 Å². The van der Waals surface area contributed by atoms with Gasteiger partial charge in [0.25, 0.3) is 0 Å². The van der Waals surface area contributed by atoms with Crippen molar-refractivity contribution in [2.45, 2.75) is 0 Å². The van der Waals surface area contributed by atoms with Crippen molar-refractivity contribution in [2.24, 2.45) is 0 Å². The van der Waals surface area contributed by atoms with Crippen LogP contribution in [0.2, 0.25) is 0 Å². The molecule has 2 aliphatic carbocycles. The first-order chi connectivity index (χ1) is 19.1. The third-order valence-corrected chi connectivity index (χ3v) is 8.95. The number of benzene rings is 4. The molecule has 2 aromatic rings. The van der Waals surface area contributed by atoms with Gasteiger partial charge in [0.15, 0.2) is 0 Å². The molecule has 2 aliphatic heterocycles. The number of fused-ring (bicyclic) bond motifs is 4. The zero-order chi connectivity index (χ0) is 28.6. The first-order valence-corrected chi connectivity index (χ1v) is 14.8. The smallest absolute Gasteiger partial charge is 1.00 e. The van der Waals surface area contributed by atoms with Crippen molar-refractivity contribution in [1.82, 2.24) is 19.1 Å². The molecule has 0 amide bonds. The van der Waals surface area contributed by atoms with Gasteiger partial charge in [-0.1, -0.05) is 0 Å². The molecule has 12 heteroatoms. The summed E-state index contributed by atoms with van der Waals surface area (Å²) >= 11 is 3.60. The van der Waals surface area contributed by atoms with Crippen molar-refractivity contribution in [3.63, 3.8) is 0 Å². The molecule has 2 aromatic carbocycles. The molecular formula is C32H38Cl2KN6OS2+. The zero-order valence-corrected chi connectivity index (χ0v) is 33.0. The van der Waals surface area contributed by atoms with E-state index in [0.29, 0.717) is 0 Å². The molecule has 4 aliphatic rings. The molecule has 0 aromatic heterocycles. The summed E-state index contributed by atoms with van der Waals surface area (Å²) in [6, 6.07) is 25.7. The summed E-state index contributed by atoms with van der Waals surface area (Å²) in [5.41, 5.74) is 6.66. The Labute approximate surface area is 322 Å². The molecule has 0 saturated heterocycles. The number of halogens is 2. The fraction of sp³-hybridized carbons (Fsp3) is 0.250. The van der Waals surface area contributed by atoms with E-state index in [-0.39, 0.29) is 81.7 Å². The summed E-state index contributed by atoms with van der Waals surface area (Å²) in [7, 11) is 16.5. The Hall–Kier alpha value is -1.70. The molecular weight excluding hydrogens is 659 g/mol. The van der Waals surface area contributed by atoms with Gasteiger partial charge in [0.1, 0.15) is 28.2 Å². The van der Waals surface area contributed by atoms with Gasteiger partial charge in [-0.3, -0.25) is 0 Å². The maximum absolute atomic E-state index is 4.75. The standard InChI is InChI=1S/2C16H18N3S.2ClH.K.H2O/c2*1-18(2)11-5-7-13-15(9-11)20-16-10-12(19(3)4)6-8-14(16)17-13;;;;/h2*5-10H,1-4H3;2*1H;;1H2/q2*+1;;;+1;/p-2. The second-order valence-corrected chi connectivity index (χ2v) is 12.8. The van der Waals surface area contributed by atoms with Gasteiger partial charge >= 0.3 is 51.4 Å². The third-order valence-electron chi connectivity index (χ3n) is 6.76. The zero-order valence-electron chi connectivity index (χ0n) is 26.7. The Kier molecular flexibility index (Phi) is 15.8. The molecule has 228 valence electrons. The monoisotopic (exact) mass is 695 g/mol. The van der Waals surface area contributed by atoms with Gasteiger partial charge in [-0.25, -0.2) is 19.1 Å². The van der Waals surface area contributed by atoms with Crippen LogP contribution in [0, 0.1) is 0 Å². The van der Waals surface area contributed by atoms with E-state index in [1.807, 2.05) is 0 Å². The van der Waals surface area contributed by atoms with Crippen molar-refractivity contribution >= 4 is 54.5 Å². The van der Waals surface area contributed by atoms with Gasteiger partial charge in [0.05, 0.1) is 41.6 Å². The van der Waals surface area contributed by atoms with E-state index < -0.39 is 0 Å². The second-order valence-electron chi connectivity index (χ2n) is 10.6. The van der Waals surface area contributed by atoms with Crippen LogP contribution in [0.4, 0.5) is 11.4 Å². The van der Waals surface area contributed by atoms with E-state index in [4.69, 9.17) is 9.97 Å². The SMILES string of the molecule is CN(C)c1ccc2nc3ccc(=[N+](C)C)cc-3sc2c1.CN(C)c1ccc2nc3ccc(=[N+](C)C)cc-3sc2c1.O.[Cl-].[Cl-].[K+]. The van der Waals surface area contributed by atoms with Crippen LogP contribution in [-0.2, 0) is 0 Å². The van der Waals surface area contributed by atoms with E-state index in [0.717, 1.165) is 22.4 Å². The fourth-order valence-electron chi connectivity index (χ4n) is 4.32. The van der Waals surface area contributed by atoms with E-state index in [1.54, 1.807) is 22.7 Å². The Morgan fingerprint density at radius 3 is 1.23 bits per heavy atom. The normalized spacial score (nSPS) is 10.0. The molecule has 0 unspecified atom stereocenters. The molecule has 0 fully saturated rings. The van der Waals surface area contributed by atoms with Crippen molar-refractivity contribution in [3.05, 3.63) is 83.5 Å². The number of aromatic nitrogens is 2. The maximum atomic E-state index is 4.75. The third kappa shape index (κ3) is 9.19. The molecule has 0 spiro atoms. The second kappa shape index (κ2) is 17.3. The van der Waals surface area contributed by atoms with Crippen molar-refractivity contribution in [3.8, 4) is 21.1 Å². The van der Waals surface area contributed by atoms with Crippen LogP contribution in [-0.4, -0.2) is 71.8 Å². The van der Waals surface area contributed by atoms with Crippen LogP contribution >= 0.6 is 22.7 Å².